The van der Waals surface area contributed by atoms with E-state index in [1.807, 2.05) is 0 Å². The van der Waals surface area contributed by atoms with E-state index in [2.05, 4.69) is 141 Å². The van der Waals surface area contributed by atoms with E-state index in [0.717, 1.165) is 6.42 Å². The zero-order valence-electron chi connectivity index (χ0n) is 18.9. The van der Waals surface area contributed by atoms with Crippen LogP contribution in [0.5, 0.6) is 0 Å². The number of aryl methyl sites for hydroxylation is 3. The fraction of sp³-hybridized carbons (Fsp3) is 0.200. The van der Waals surface area contributed by atoms with E-state index in [9.17, 15) is 0 Å². The molecule has 1 heteroatoms. The molecule has 0 spiro atoms. The summed E-state index contributed by atoms with van der Waals surface area (Å²) in [5.74, 6) is 0. The van der Waals surface area contributed by atoms with Crippen LogP contribution in [0.25, 0.3) is 22.3 Å². The summed E-state index contributed by atoms with van der Waals surface area (Å²) in [7, 11) is 0. The van der Waals surface area contributed by atoms with Crippen LogP contribution in [0.15, 0.2) is 97.1 Å². The predicted octanol–water partition coefficient (Wildman–Crippen LogP) is 9.34. The van der Waals surface area contributed by atoms with Gasteiger partial charge in [-0.25, -0.2) is 0 Å². The van der Waals surface area contributed by atoms with E-state index in [-0.39, 0.29) is 0 Å². The molecule has 0 heterocycles. The van der Waals surface area contributed by atoms with Crippen LogP contribution in [-0.2, 0) is 6.42 Å². The molecule has 0 aliphatic carbocycles. The van der Waals surface area contributed by atoms with Crippen LogP contribution in [0.4, 0.5) is 0 Å². The lowest BCUT2D eigenvalue weighted by molar-refractivity contribution is 1.13. The third-order valence-electron chi connectivity index (χ3n) is 5.51. The maximum absolute atomic E-state index is 3.65. The second kappa shape index (κ2) is 11.1. The largest absolute Gasteiger partial charge is 0.0842 e. The van der Waals surface area contributed by atoms with Gasteiger partial charge in [0.05, 0.1) is 0 Å². The van der Waals surface area contributed by atoms with Gasteiger partial charge < -0.3 is 0 Å². The Kier molecular flexibility index (Phi) is 8.26. The van der Waals surface area contributed by atoms with Crippen molar-refractivity contribution in [2.24, 2.45) is 0 Å². The van der Waals surface area contributed by atoms with Gasteiger partial charge in [0.25, 0.3) is 0 Å². The minimum absolute atomic E-state index is 0.380. The van der Waals surface area contributed by atoms with Crippen LogP contribution in [0.1, 0.15) is 40.9 Å². The monoisotopic (exact) mass is 470 g/mol. The van der Waals surface area contributed by atoms with Gasteiger partial charge in [-0.1, -0.05) is 131 Å². The number of hydrogen-bond donors (Lipinski definition) is 0. The molecule has 1 atom stereocenters. The molecule has 31 heavy (non-hydrogen) atoms. The van der Waals surface area contributed by atoms with Crippen LogP contribution in [-0.4, -0.2) is 0 Å². The van der Waals surface area contributed by atoms with Crippen LogP contribution in [0.2, 0.25) is 0 Å². The Bertz CT molecular complexity index is 1090. The molecule has 0 radical (unpaired) electrons. The van der Waals surface area contributed by atoms with E-state index in [0.29, 0.717) is 4.83 Å². The first-order valence-corrected chi connectivity index (χ1v) is 11.9. The van der Waals surface area contributed by atoms with E-state index in [1.54, 1.807) is 0 Å². The highest BCUT2D eigenvalue weighted by Gasteiger charge is 2.08. The van der Waals surface area contributed by atoms with E-state index < -0.39 is 0 Å². The highest BCUT2D eigenvalue weighted by molar-refractivity contribution is 9.09. The summed E-state index contributed by atoms with van der Waals surface area (Å²) in [5.41, 5.74) is 10.6. The Labute approximate surface area is 196 Å². The van der Waals surface area contributed by atoms with Gasteiger partial charge in [0.15, 0.2) is 0 Å². The molecule has 0 nitrogen and oxygen atoms in total. The van der Waals surface area contributed by atoms with Crippen molar-refractivity contribution in [2.75, 3.05) is 0 Å². The highest BCUT2D eigenvalue weighted by Crippen LogP contribution is 2.32. The molecular weight excluding hydrogens is 440 g/mol. The van der Waals surface area contributed by atoms with Crippen LogP contribution in [0.3, 0.4) is 0 Å². The van der Waals surface area contributed by atoms with Gasteiger partial charge in [-0.3, -0.25) is 0 Å². The third-order valence-corrected chi connectivity index (χ3v) is 6.01. The highest BCUT2D eigenvalue weighted by atomic mass is 79.9. The lowest BCUT2D eigenvalue weighted by atomic mass is 9.97. The molecule has 0 aliphatic rings. The second-order valence-electron chi connectivity index (χ2n) is 7.95. The number of alkyl halides is 1. The van der Waals surface area contributed by atoms with E-state index in [4.69, 9.17) is 0 Å². The van der Waals surface area contributed by atoms with Crippen molar-refractivity contribution < 1.29 is 0 Å². The Balaban J connectivity index is 0.000000176. The zero-order chi connectivity index (χ0) is 22.2. The average Bonchev–Trinajstić information content (AvgIpc) is 2.80. The molecule has 0 bridgehead atoms. The Hall–Kier alpha value is -2.64. The Morgan fingerprint density at radius 2 is 1.06 bits per heavy atom. The standard InChI is InChI=1S/C15H15Br.C15H16/c1-11-7-9-13(10-8-11)15-6-4-3-5-14(15)12(2)16;1-3-13-6-4-5-7-15(13)14-10-8-12(2)9-11-14/h3-10,12H,1-2H3;4-11H,3H2,1-2H3. The molecule has 0 N–H and O–H groups in total. The van der Waals surface area contributed by atoms with Gasteiger partial charge in [-0.15, -0.1) is 0 Å². The van der Waals surface area contributed by atoms with Crippen molar-refractivity contribution in [3.8, 4) is 22.3 Å². The van der Waals surface area contributed by atoms with Crippen LogP contribution < -0.4 is 0 Å². The van der Waals surface area contributed by atoms with Crippen molar-refractivity contribution in [1.29, 1.82) is 0 Å². The molecule has 0 aromatic heterocycles. The van der Waals surface area contributed by atoms with Crippen molar-refractivity contribution in [1.82, 2.24) is 0 Å². The normalized spacial score (nSPS) is 11.4. The fourth-order valence-corrected chi connectivity index (χ4v) is 4.08. The molecule has 0 saturated carbocycles. The second-order valence-corrected chi connectivity index (χ2v) is 9.32. The Morgan fingerprint density at radius 3 is 1.58 bits per heavy atom. The van der Waals surface area contributed by atoms with Gasteiger partial charge in [-0.2, -0.15) is 0 Å². The van der Waals surface area contributed by atoms with Crippen molar-refractivity contribution in [3.63, 3.8) is 0 Å². The quantitative estimate of drug-likeness (QED) is 0.260. The van der Waals surface area contributed by atoms with Gasteiger partial charge in [0.2, 0.25) is 0 Å². The summed E-state index contributed by atoms with van der Waals surface area (Å²) in [6, 6.07) is 34.6. The molecular formula is C30H31Br. The van der Waals surface area contributed by atoms with E-state index in [1.165, 1.54) is 44.5 Å². The summed E-state index contributed by atoms with van der Waals surface area (Å²) in [6.07, 6.45) is 1.09. The molecule has 0 fully saturated rings. The Morgan fingerprint density at radius 1 is 0.613 bits per heavy atom. The summed E-state index contributed by atoms with van der Waals surface area (Å²) >= 11 is 3.65. The number of hydrogen-bond acceptors (Lipinski definition) is 0. The molecule has 158 valence electrons. The molecule has 4 rings (SSSR count). The van der Waals surface area contributed by atoms with Crippen molar-refractivity contribution in [3.05, 3.63) is 119 Å². The smallest absolute Gasteiger partial charge is 0.0373 e. The van der Waals surface area contributed by atoms with Crippen LogP contribution in [0, 0.1) is 13.8 Å². The SMILES string of the molecule is CCc1ccccc1-c1ccc(C)cc1.Cc1ccc(-c2ccccc2C(C)Br)cc1. The minimum Gasteiger partial charge on any atom is -0.0842 e. The first kappa shape index (κ1) is 23.0. The summed E-state index contributed by atoms with van der Waals surface area (Å²) < 4.78 is 0. The molecule has 0 aliphatic heterocycles. The van der Waals surface area contributed by atoms with Crippen LogP contribution >= 0.6 is 15.9 Å². The molecule has 4 aromatic rings. The molecule has 0 saturated heterocycles. The first-order valence-electron chi connectivity index (χ1n) is 10.9. The molecule has 0 amide bonds. The summed E-state index contributed by atoms with van der Waals surface area (Å²) in [6.45, 7) is 8.60. The molecule has 1 unspecified atom stereocenters. The average molecular weight is 471 g/mol. The van der Waals surface area contributed by atoms with E-state index >= 15 is 0 Å². The van der Waals surface area contributed by atoms with Gasteiger partial charge in [0, 0.05) is 4.83 Å². The lowest BCUT2D eigenvalue weighted by Gasteiger charge is -2.11. The van der Waals surface area contributed by atoms with Gasteiger partial charge >= 0.3 is 0 Å². The topological polar surface area (TPSA) is 0 Å². The van der Waals surface area contributed by atoms with Crippen molar-refractivity contribution >= 4 is 15.9 Å². The van der Waals surface area contributed by atoms with Gasteiger partial charge in [-0.05, 0) is 60.6 Å². The minimum atomic E-state index is 0.380. The van der Waals surface area contributed by atoms with Gasteiger partial charge in [0.1, 0.15) is 0 Å². The maximum Gasteiger partial charge on any atom is 0.0373 e. The fourth-order valence-electron chi connectivity index (χ4n) is 3.68. The predicted molar refractivity (Wildman–Crippen MR) is 140 cm³/mol. The summed E-state index contributed by atoms with van der Waals surface area (Å²) in [4.78, 5) is 0.380. The lowest BCUT2D eigenvalue weighted by Crippen LogP contribution is -1.89. The molecule has 4 aromatic carbocycles. The number of benzene rings is 4. The number of halogens is 1. The maximum atomic E-state index is 3.65. The zero-order valence-corrected chi connectivity index (χ0v) is 20.5. The summed E-state index contributed by atoms with van der Waals surface area (Å²) in [5, 5.41) is 0. The third kappa shape index (κ3) is 6.18. The first-order chi connectivity index (χ1) is 15.0. The van der Waals surface area contributed by atoms with Crippen molar-refractivity contribution in [2.45, 2.75) is 38.9 Å². The number of rotatable bonds is 4.